The fourth-order valence-electron chi connectivity index (χ4n) is 4.42. The fourth-order valence-corrected chi connectivity index (χ4v) is 4.42. The Bertz CT molecular complexity index is 1250. The number of amides is 1. The number of hydrogen-bond donors (Lipinski definition) is 3. The first-order chi connectivity index (χ1) is 15.7. The van der Waals surface area contributed by atoms with Crippen LogP contribution < -0.4 is 10.6 Å². The van der Waals surface area contributed by atoms with Crippen LogP contribution in [0.3, 0.4) is 0 Å². The number of methoxy groups -OCH3 is 1. The first kappa shape index (κ1) is 20.4. The molecule has 4 aromatic heterocycles. The van der Waals surface area contributed by atoms with Crippen LogP contribution in [0.1, 0.15) is 43.0 Å². The number of H-pyrrole nitrogens is 1. The number of aromatic amines is 1. The Morgan fingerprint density at radius 3 is 2.91 bits per heavy atom. The Morgan fingerprint density at radius 2 is 2.12 bits per heavy atom. The van der Waals surface area contributed by atoms with Crippen molar-refractivity contribution in [2.45, 2.75) is 44.8 Å². The molecule has 3 N–H and O–H groups in total. The Labute approximate surface area is 185 Å². The summed E-state index contributed by atoms with van der Waals surface area (Å²) in [6, 6.07) is 4.14. The summed E-state index contributed by atoms with van der Waals surface area (Å²) in [4.78, 5) is 25.2. The summed E-state index contributed by atoms with van der Waals surface area (Å²) in [5.74, 6) is 0.508. The van der Waals surface area contributed by atoms with Gasteiger partial charge in [0.05, 0.1) is 23.4 Å². The van der Waals surface area contributed by atoms with Gasteiger partial charge in [-0.05, 0) is 50.3 Å². The molecule has 9 nitrogen and oxygen atoms in total. The molecule has 4 aromatic rings. The quantitative estimate of drug-likeness (QED) is 0.430. The second-order valence-corrected chi connectivity index (χ2v) is 8.17. The number of aromatic nitrogens is 5. The van der Waals surface area contributed by atoms with Crippen LogP contribution in [0.4, 0.5) is 5.95 Å². The second-order valence-electron chi connectivity index (χ2n) is 8.17. The molecule has 0 aromatic carbocycles. The van der Waals surface area contributed by atoms with Crippen LogP contribution in [0.2, 0.25) is 0 Å². The number of hydrogen-bond acceptors (Lipinski definition) is 6. The summed E-state index contributed by atoms with van der Waals surface area (Å²) < 4.78 is 7.16. The molecule has 166 valence electrons. The van der Waals surface area contributed by atoms with E-state index in [4.69, 9.17) is 4.74 Å². The molecular weight excluding hydrogens is 406 g/mol. The molecule has 0 saturated heterocycles. The molecule has 0 bridgehead atoms. The van der Waals surface area contributed by atoms with Gasteiger partial charge in [-0.2, -0.15) is 10.1 Å². The van der Waals surface area contributed by atoms with Crippen LogP contribution in [0, 0.1) is 0 Å². The van der Waals surface area contributed by atoms with E-state index in [1.807, 2.05) is 37.6 Å². The summed E-state index contributed by atoms with van der Waals surface area (Å²) in [5, 5.41) is 11.6. The maximum Gasteiger partial charge on any atom is 0.255 e. The van der Waals surface area contributed by atoms with Crippen LogP contribution in [0.15, 0.2) is 36.9 Å². The van der Waals surface area contributed by atoms with Gasteiger partial charge in [0.15, 0.2) is 0 Å². The highest BCUT2D eigenvalue weighted by molar-refractivity contribution is 6.02. The van der Waals surface area contributed by atoms with Crippen molar-refractivity contribution in [1.29, 1.82) is 0 Å². The molecule has 0 atom stereocenters. The van der Waals surface area contributed by atoms with Crippen LogP contribution in [-0.2, 0) is 4.74 Å². The molecule has 1 aliphatic rings. The molecule has 32 heavy (non-hydrogen) atoms. The van der Waals surface area contributed by atoms with Crippen molar-refractivity contribution in [3.63, 3.8) is 0 Å². The molecule has 0 aliphatic heterocycles. The van der Waals surface area contributed by atoms with E-state index < -0.39 is 0 Å². The minimum Gasteiger partial charge on any atom is -0.381 e. The number of ether oxygens (including phenoxy) is 1. The topological polar surface area (TPSA) is 109 Å². The predicted octanol–water partition coefficient (Wildman–Crippen LogP) is 3.39. The van der Waals surface area contributed by atoms with Crippen molar-refractivity contribution in [3.8, 4) is 11.1 Å². The number of nitrogens with zero attached hydrogens (tertiary/aromatic N) is 4. The van der Waals surface area contributed by atoms with E-state index in [9.17, 15) is 4.79 Å². The number of carbonyl (C=O) groups is 1. The monoisotopic (exact) mass is 433 g/mol. The standard InChI is InChI=1S/C23H27N7O2/c1-3-24-23-26-12-18-17(11-25-21(18)29-23)14-8-9-30-20(10-14)19(13-27-30)22(31)28-15-4-6-16(32-2)7-5-15/h8-13,15-16H,3-7H2,1-2H3,(H,28,31)(H2,24,25,26,29)/t15-,16-. The van der Waals surface area contributed by atoms with E-state index in [-0.39, 0.29) is 11.9 Å². The third-order valence-electron chi connectivity index (χ3n) is 6.19. The first-order valence-corrected chi connectivity index (χ1v) is 11.1. The summed E-state index contributed by atoms with van der Waals surface area (Å²) >= 11 is 0. The molecule has 5 rings (SSSR count). The molecule has 1 saturated carbocycles. The number of pyridine rings is 1. The Hall–Kier alpha value is -3.46. The maximum absolute atomic E-state index is 13.0. The minimum absolute atomic E-state index is 0.0874. The van der Waals surface area contributed by atoms with Gasteiger partial charge in [0.1, 0.15) is 5.65 Å². The van der Waals surface area contributed by atoms with Gasteiger partial charge in [0.2, 0.25) is 5.95 Å². The first-order valence-electron chi connectivity index (χ1n) is 11.1. The summed E-state index contributed by atoms with van der Waals surface area (Å²) in [6.45, 7) is 2.77. The van der Waals surface area contributed by atoms with E-state index in [0.29, 0.717) is 17.6 Å². The number of anilines is 1. The predicted molar refractivity (Wildman–Crippen MR) is 123 cm³/mol. The SMILES string of the molecule is CCNc1ncc2c(-c3ccn4ncc(C(=O)N[C@H]5CC[C@H](OC)CC5)c4c3)c[nH]c2n1. The van der Waals surface area contributed by atoms with E-state index in [2.05, 4.69) is 30.7 Å². The van der Waals surface area contributed by atoms with Gasteiger partial charge < -0.3 is 20.4 Å². The fraction of sp³-hybridized carbons (Fsp3) is 0.391. The van der Waals surface area contributed by atoms with Crippen LogP contribution in [0.5, 0.6) is 0 Å². The van der Waals surface area contributed by atoms with E-state index in [1.165, 1.54) is 0 Å². The highest BCUT2D eigenvalue weighted by Gasteiger charge is 2.24. The maximum atomic E-state index is 13.0. The highest BCUT2D eigenvalue weighted by atomic mass is 16.5. The number of rotatable bonds is 6. The molecule has 4 heterocycles. The van der Waals surface area contributed by atoms with Crippen molar-refractivity contribution in [1.82, 2.24) is 29.9 Å². The van der Waals surface area contributed by atoms with Crippen molar-refractivity contribution >= 4 is 28.4 Å². The smallest absolute Gasteiger partial charge is 0.255 e. The number of fused-ring (bicyclic) bond motifs is 2. The lowest BCUT2D eigenvalue weighted by atomic mass is 9.93. The van der Waals surface area contributed by atoms with Gasteiger partial charge in [-0.1, -0.05) is 0 Å². The van der Waals surface area contributed by atoms with Gasteiger partial charge >= 0.3 is 0 Å². The molecule has 0 radical (unpaired) electrons. The largest absolute Gasteiger partial charge is 0.381 e. The van der Waals surface area contributed by atoms with Gasteiger partial charge in [0, 0.05) is 49.2 Å². The minimum atomic E-state index is -0.0874. The van der Waals surface area contributed by atoms with Crippen molar-refractivity contribution < 1.29 is 9.53 Å². The van der Waals surface area contributed by atoms with Crippen molar-refractivity contribution in [2.24, 2.45) is 0 Å². The average molecular weight is 434 g/mol. The molecule has 1 aliphatic carbocycles. The van der Waals surface area contributed by atoms with Gasteiger partial charge in [-0.15, -0.1) is 0 Å². The van der Waals surface area contributed by atoms with Gasteiger partial charge in [0.25, 0.3) is 5.91 Å². The van der Waals surface area contributed by atoms with E-state index >= 15 is 0 Å². The molecule has 1 amide bonds. The summed E-state index contributed by atoms with van der Waals surface area (Å²) in [7, 11) is 1.75. The number of nitrogens with one attached hydrogen (secondary N) is 3. The van der Waals surface area contributed by atoms with E-state index in [1.54, 1.807) is 17.8 Å². The van der Waals surface area contributed by atoms with Crippen LogP contribution in [-0.4, -0.2) is 56.3 Å². The van der Waals surface area contributed by atoms with Gasteiger partial charge in [-0.25, -0.2) is 9.50 Å². The Morgan fingerprint density at radius 1 is 1.28 bits per heavy atom. The van der Waals surface area contributed by atoms with Crippen LogP contribution >= 0.6 is 0 Å². The van der Waals surface area contributed by atoms with Crippen LogP contribution in [0.25, 0.3) is 27.7 Å². The lowest BCUT2D eigenvalue weighted by Gasteiger charge is -2.28. The van der Waals surface area contributed by atoms with Crippen molar-refractivity contribution in [2.75, 3.05) is 19.0 Å². The molecule has 1 fully saturated rings. The summed E-state index contributed by atoms with van der Waals surface area (Å²) in [6.07, 6.45) is 11.3. The zero-order valence-corrected chi connectivity index (χ0v) is 18.3. The molecule has 9 heteroatoms. The Balaban J connectivity index is 1.42. The highest BCUT2D eigenvalue weighted by Crippen LogP contribution is 2.29. The lowest BCUT2D eigenvalue weighted by Crippen LogP contribution is -2.38. The molecule has 0 spiro atoms. The van der Waals surface area contributed by atoms with E-state index in [0.717, 1.165) is 59.9 Å². The molecular formula is C23H27N7O2. The summed E-state index contributed by atoms with van der Waals surface area (Å²) in [5.41, 5.74) is 4.06. The lowest BCUT2D eigenvalue weighted by molar-refractivity contribution is 0.0599. The third-order valence-corrected chi connectivity index (χ3v) is 6.19. The Kier molecular flexibility index (Phi) is 5.48. The second kappa shape index (κ2) is 8.58. The van der Waals surface area contributed by atoms with Crippen molar-refractivity contribution in [3.05, 3.63) is 42.5 Å². The third kappa shape index (κ3) is 3.80. The van der Waals surface area contributed by atoms with Gasteiger partial charge in [-0.3, -0.25) is 4.79 Å². The normalized spacial score (nSPS) is 18.8. The molecule has 0 unspecified atom stereocenters. The zero-order valence-electron chi connectivity index (χ0n) is 18.3. The number of carbonyl (C=O) groups excluding carboxylic acids is 1. The zero-order chi connectivity index (χ0) is 22.1. The average Bonchev–Trinajstić information content (AvgIpc) is 3.43.